The molecule has 1 N–H and O–H groups in total. The SMILES string of the molecule is CN=C(NCC(C)(C)c1ccc(C)cc1)N1CCC(N2CCOCC2)C1. The molecule has 0 amide bonds. The lowest BCUT2D eigenvalue weighted by Gasteiger charge is -2.33. The van der Waals surface area contributed by atoms with Crippen LogP contribution in [0.4, 0.5) is 0 Å². The van der Waals surface area contributed by atoms with Crippen molar-refractivity contribution in [3.63, 3.8) is 0 Å². The van der Waals surface area contributed by atoms with Gasteiger partial charge in [-0.3, -0.25) is 9.89 Å². The smallest absolute Gasteiger partial charge is 0.193 e. The van der Waals surface area contributed by atoms with Crippen LogP contribution in [0.3, 0.4) is 0 Å². The van der Waals surface area contributed by atoms with Crippen molar-refractivity contribution in [2.24, 2.45) is 4.99 Å². The lowest BCUT2D eigenvalue weighted by molar-refractivity contribution is 0.0195. The summed E-state index contributed by atoms with van der Waals surface area (Å²) in [5, 5.41) is 3.62. The molecule has 1 unspecified atom stereocenters. The quantitative estimate of drug-likeness (QED) is 0.662. The highest BCUT2D eigenvalue weighted by molar-refractivity contribution is 5.80. The lowest BCUT2D eigenvalue weighted by atomic mass is 9.84. The number of guanidine groups is 1. The molecule has 2 heterocycles. The van der Waals surface area contributed by atoms with Crippen LogP contribution in [-0.4, -0.2) is 74.8 Å². The van der Waals surface area contributed by atoms with Gasteiger partial charge in [-0.1, -0.05) is 43.7 Å². The summed E-state index contributed by atoms with van der Waals surface area (Å²) >= 11 is 0. The predicted molar refractivity (Wildman–Crippen MR) is 108 cm³/mol. The maximum Gasteiger partial charge on any atom is 0.193 e. The third-order valence-corrected chi connectivity index (χ3v) is 5.76. The Labute approximate surface area is 158 Å². The van der Waals surface area contributed by atoms with E-state index in [0.717, 1.165) is 51.9 Å². The number of likely N-dealkylation sites (tertiary alicyclic amines) is 1. The van der Waals surface area contributed by atoms with E-state index in [1.807, 2.05) is 7.05 Å². The Bertz CT molecular complexity index is 605. The van der Waals surface area contributed by atoms with E-state index in [0.29, 0.717) is 6.04 Å². The highest BCUT2D eigenvalue weighted by Gasteiger charge is 2.31. The van der Waals surface area contributed by atoms with Gasteiger partial charge in [0, 0.05) is 51.2 Å². The van der Waals surface area contributed by atoms with Crippen molar-refractivity contribution in [2.45, 2.75) is 38.6 Å². The molecule has 0 spiro atoms. The van der Waals surface area contributed by atoms with Crippen LogP contribution in [0, 0.1) is 6.92 Å². The summed E-state index contributed by atoms with van der Waals surface area (Å²) in [4.78, 5) is 9.53. The minimum Gasteiger partial charge on any atom is -0.379 e. The zero-order valence-electron chi connectivity index (χ0n) is 16.8. The highest BCUT2D eigenvalue weighted by atomic mass is 16.5. The molecule has 0 aliphatic carbocycles. The number of benzene rings is 1. The van der Waals surface area contributed by atoms with Gasteiger partial charge in [0.1, 0.15) is 0 Å². The Kier molecular flexibility index (Phi) is 6.20. The maximum absolute atomic E-state index is 5.49. The largest absolute Gasteiger partial charge is 0.379 e. The molecule has 5 heteroatoms. The van der Waals surface area contributed by atoms with Crippen LogP contribution >= 0.6 is 0 Å². The van der Waals surface area contributed by atoms with E-state index in [-0.39, 0.29) is 5.41 Å². The van der Waals surface area contributed by atoms with Crippen LogP contribution in [0.15, 0.2) is 29.3 Å². The minimum absolute atomic E-state index is 0.0625. The van der Waals surface area contributed by atoms with E-state index in [4.69, 9.17) is 4.74 Å². The molecular weight excluding hydrogens is 324 g/mol. The second-order valence-electron chi connectivity index (χ2n) is 8.19. The van der Waals surface area contributed by atoms with E-state index >= 15 is 0 Å². The fourth-order valence-corrected chi connectivity index (χ4v) is 3.91. The van der Waals surface area contributed by atoms with Crippen molar-refractivity contribution in [1.82, 2.24) is 15.1 Å². The first-order chi connectivity index (χ1) is 12.5. The standard InChI is InChI=1S/C21H34N4O/c1-17-5-7-18(8-6-17)21(2,3)16-23-20(22-4)25-10-9-19(15-25)24-11-13-26-14-12-24/h5-8,19H,9-16H2,1-4H3,(H,22,23). The molecule has 2 aliphatic heterocycles. The molecule has 2 aliphatic rings. The van der Waals surface area contributed by atoms with Crippen molar-refractivity contribution in [3.8, 4) is 0 Å². The number of aliphatic imine (C=N–C) groups is 1. The normalized spacial score (nSPS) is 22.7. The molecule has 1 aromatic rings. The summed E-state index contributed by atoms with van der Waals surface area (Å²) in [6.45, 7) is 13.6. The molecule has 2 saturated heterocycles. The van der Waals surface area contributed by atoms with Crippen molar-refractivity contribution in [3.05, 3.63) is 35.4 Å². The summed E-state index contributed by atoms with van der Waals surface area (Å²) in [7, 11) is 1.89. The topological polar surface area (TPSA) is 40.1 Å². The Balaban J connectivity index is 1.55. The Morgan fingerprint density at radius 3 is 2.54 bits per heavy atom. The second-order valence-corrected chi connectivity index (χ2v) is 8.19. The molecule has 0 saturated carbocycles. The molecule has 26 heavy (non-hydrogen) atoms. The van der Waals surface area contributed by atoms with Gasteiger partial charge in [0.15, 0.2) is 5.96 Å². The van der Waals surface area contributed by atoms with Crippen LogP contribution in [0.25, 0.3) is 0 Å². The third-order valence-electron chi connectivity index (χ3n) is 5.76. The van der Waals surface area contributed by atoms with Gasteiger partial charge < -0.3 is 15.0 Å². The average molecular weight is 359 g/mol. The molecule has 0 bridgehead atoms. The third kappa shape index (κ3) is 4.57. The summed E-state index contributed by atoms with van der Waals surface area (Å²) in [6, 6.07) is 9.50. The lowest BCUT2D eigenvalue weighted by Crippen LogP contribution is -2.48. The van der Waals surface area contributed by atoms with E-state index < -0.39 is 0 Å². The summed E-state index contributed by atoms with van der Waals surface area (Å²) in [5.41, 5.74) is 2.73. The fourth-order valence-electron chi connectivity index (χ4n) is 3.91. The Morgan fingerprint density at radius 1 is 1.19 bits per heavy atom. The van der Waals surface area contributed by atoms with Crippen molar-refractivity contribution >= 4 is 5.96 Å². The number of aryl methyl sites for hydroxylation is 1. The van der Waals surface area contributed by atoms with Gasteiger partial charge in [-0.2, -0.15) is 0 Å². The van der Waals surface area contributed by atoms with Gasteiger partial charge in [-0.05, 0) is 18.9 Å². The highest BCUT2D eigenvalue weighted by Crippen LogP contribution is 2.23. The van der Waals surface area contributed by atoms with Crippen LogP contribution < -0.4 is 5.32 Å². The van der Waals surface area contributed by atoms with Gasteiger partial charge in [0.2, 0.25) is 0 Å². The molecular formula is C21H34N4O. The molecule has 1 atom stereocenters. The zero-order valence-corrected chi connectivity index (χ0v) is 16.8. The monoisotopic (exact) mass is 358 g/mol. The zero-order chi connectivity index (χ0) is 18.6. The first kappa shape index (κ1) is 19.2. The molecule has 3 rings (SSSR count). The van der Waals surface area contributed by atoms with Gasteiger partial charge in [-0.15, -0.1) is 0 Å². The van der Waals surface area contributed by atoms with Crippen molar-refractivity contribution in [2.75, 3.05) is 53.0 Å². The molecule has 5 nitrogen and oxygen atoms in total. The Hall–Kier alpha value is -1.59. The van der Waals surface area contributed by atoms with Crippen LogP contribution in [0.2, 0.25) is 0 Å². The maximum atomic E-state index is 5.49. The molecule has 2 fully saturated rings. The summed E-state index contributed by atoms with van der Waals surface area (Å²) in [6.07, 6.45) is 1.21. The molecule has 144 valence electrons. The van der Waals surface area contributed by atoms with Crippen LogP contribution in [0.1, 0.15) is 31.4 Å². The van der Waals surface area contributed by atoms with Crippen molar-refractivity contribution < 1.29 is 4.74 Å². The minimum atomic E-state index is 0.0625. The van der Waals surface area contributed by atoms with E-state index in [2.05, 4.69) is 65.1 Å². The number of rotatable bonds is 4. The second kappa shape index (κ2) is 8.40. The first-order valence-electron chi connectivity index (χ1n) is 9.84. The van der Waals surface area contributed by atoms with Gasteiger partial charge in [0.05, 0.1) is 13.2 Å². The van der Waals surface area contributed by atoms with Crippen LogP contribution in [0.5, 0.6) is 0 Å². The number of hydrogen-bond donors (Lipinski definition) is 1. The summed E-state index contributed by atoms with van der Waals surface area (Å²) in [5.74, 6) is 1.03. The number of morpholine rings is 1. The average Bonchev–Trinajstić information content (AvgIpc) is 3.13. The number of hydrogen-bond acceptors (Lipinski definition) is 3. The van der Waals surface area contributed by atoms with Gasteiger partial charge >= 0.3 is 0 Å². The molecule has 1 aromatic carbocycles. The van der Waals surface area contributed by atoms with E-state index in [1.54, 1.807) is 0 Å². The number of nitrogens with zero attached hydrogens (tertiary/aromatic N) is 3. The number of nitrogens with one attached hydrogen (secondary N) is 1. The van der Waals surface area contributed by atoms with Crippen molar-refractivity contribution in [1.29, 1.82) is 0 Å². The summed E-state index contributed by atoms with van der Waals surface area (Å²) < 4.78 is 5.49. The van der Waals surface area contributed by atoms with E-state index in [1.165, 1.54) is 17.5 Å². The van der Waals surface area contributed by atoms with Gasteiger partial charge in [0.25, 0.3) is 0 Å². The molecule has 0 radical (unpaired) electrons. The molecule has 0 aromatic heterocycles. The number of ether oxygens (including phenoxy) is 1. The first-order valence-corrected chi connectivity index (χ1v) is 9.84. The van der Waals surface area contributed by atoms with E-state index in [9.17, 15) is 0 Å². The predicted octanol–water partition coefficient (Wildman–Crippen LogP) is 2.25. The fraction of sp³-hybridized carbons (Fsp3) is 0.667. The van der Waals surface area contributed by atoms with Gasteiger partial charge in [-0.25, -0.2) is 0 Å². The van der Waals surface area contributed by atoms with Crippen LogP contribution in [-0.2, 0) is 10.2 Å². The Morgan fingerprint density at radius 2 is 1.88 bits per heavy atom.